The Kier molecular flexibility index (Phi) is 3.92. The summed E-state index contributed by atoms with van der Waals surface area (Å²) in [6.07, 6.45) is 1.66. The molecule has 2 heterocycles. The fourth-order valence-corrected chi connectivity index (χ4v) is 2.32. The summed E-state index contributed by atoms with van der Waals surface area (Å²) in [5.74, 6) is -0.0213. The summed E-state index contributed by atoms with van der Waals surface area (Å²) in [6, 6.07) is 1.76. The fourth-order valence-electron chi connectivity index (χ4n) is 2.32. The van der Waals surface area contributed by atoms with Gasteiger partial charge >= 0.3 is 0 Å². The number of hydrogen-bond donors (Lipinski definition) is 0. The lowest BCUT2D eigenvalue weighted by atomic mass is 10.2. The van der Waals surface area contributed by atoms with Crippen LogP contribution in [-0.4, -0.2) is 37.4 Å². The van der Waals surface area contributed by atoms with Crippen molar-refractivity contribution < 1.29 is 4.79 Å². The molecular weight excluding hydrogens is 254 g/mol. The van der Waals surface area contributed by atoms with Crippen molar-refractivity contribution >= 4 is 5.91 Å². The molecule has 0 aliphatic rings. The van der Waals surface area contributed by atoms with Gasteiger partial charge in [0.2, 0.25) is 0 Å². The second-order valence-corrected chi connectivity index (χ2v) is 4.97. The quantitative estimate of drug-likeness (QED) is 0.850. The highest BCUT2D eigenvalue weighted by atomic mass is 16.2. The van der Waals surface area contributed by atoms with Crippen molar-refractivity contribution in [1.29, 1.82) is 0 Å². The van der Waals surface area contributed by atoms with Crippen molar-refractivity contribution in [1.82, 2.24) is 24.5 Å². The van der Waals surface area contributed by atoms with Gasteiger partial charge in [-0.05, 0) is 26.8 Å². The predicted octanol–water partition coefficient (Wildman–Crippen LogP) is 1.53. The van der Waals surface area contributed by atoms with Crippen LogP contribution in [0.1, 0.15) is 34.4 Å². The predicted molar refractivity (Wildman–Crippen MR) is 76.4 cm³/mol. The van der Waals surface area contributed by atoms with Gasteiger partial charge in [0.25, 0.3) is 5.91 Å². The van der Waals surface area contributed by atoms with Crippen molar-refractivity contribution in [2.75, 3.05) is 7.05 Å². The van der Waals surface area contributed by atoms with E-state index in [4.69, 9.17) is 0 Å². The average Bonchev–Trinajstić information content (AvgIpc) is 2.98. The minimum absolute atomic E-state index is 0.0213. The molecule has 0 spiro atoms. The van der Waals surface area contributed by atoms with Crippen LogP contribution in [0.15, 0.2) is 12.3 Å². The molecule has 0 aliphatic heterocycles. The lowest BCUT2D eigenvalue weighted by Gasteiger charge is -2.18. The number of carbonyl (C=O) groups is 1. The summed E-state index contributed by atoms with van der Waals surface area (Å²) < 4.78 is 3.56. The summed E-state index contributed by atoms with van der Waals surface area (Å²) in [7, 11) is 3.72. The van der Waals surface area contributed by atoms with E-state index in [9.17, 15) is 4.79 Å². The zero-order chi connectivity index (χ0) is 14.9. The Morgan fingerprint density at radius 1 is 1.40 bits per heavy atom. The Bertz CT molecular complexity index is 626. The zero-order valence-electron chi connectivity index (χ0n) is 12.7. The molecular formula is C14H21N5O. The van der Waals surface area contributed by atoms with Gasteiger partial charge < -0.3 is 4.90 Å². The number of aromatic nitrogens is 4. The third kappa shape index (κ3) is 2.45. The van der Waals surface area contributed by atoms with Gasteiger partial charge in [0.15, 0.2) is 0 Å². The first kappa shape index (κ1) is 14.3. The maximum absolute atomic E-state index is 12.5. The van der Waals surface area contributed by atoms with Crippen molar-refractivity contribution in [2.24, 2.45) is 7.05 Å². The maximum atomic E-state index is 12.5. The van der Waals surface area contributed by atoms with E-state index in [1.54, 1.807) is 28.9 Å². The first-order valence-electron chi connectivity index (χ1n) is 6.72. The van der Waals surface area contributed by atoms with Gasteiger partial charge in [0, 0.05) is 44.6 Å². The zero-order valence-corrected chi connectivity index (χ0v) is 12.7. The van der Waals surface area contributed by atoms with Crippen molar-refractivity contribution in [3.8, 4) is 0 Å². The summed E-state index contributed by atoms with van der Waals surface area (Å²) in [4.78, 5) is 14.2. The standard InChI is InChI=1S/C14H21N5O/c1-6-19-13(7-8-15-19)14(20)17(4)9-12-10(2)16-18(5)11(12)3/h7-8H,6,9H2,1-5H3. The highest BCUT2D eigenvalue weighted by molar-refractivity contribution is 5.92. The first-order valence-corrected chi connectivity index (χ1v) is 6.72. The summed E-state index contributed by atoms with van der Waals surface area (Å²) in [6.45, 7) is 7.20. The molecule has 0 N–H and O–H groups in total. The summed E-state index contributed by atoms with van der Waals surface area (Å²) in [5, 5.41) is 8.52. The van der Waals surface area contributed by atoms with Gasteiger partial charge in [-0.15, -0.1) is 0 Å². The molecule has 0 atom stereocenters. The molecule has 0 saturated heterocycles. The van der Waals surface area contributed by atoms with Gasteiger partial charge in [-0.25, -0.2) is 0 Å². The van der Waals surface area contributed by atoms with E-state index in [2.05, 4.69) is 10.2 Å². The van der Waals surface area contributed by atoms with Gasteiger partial charge in [-0.3, -0.25) is 14.2 Å². The highest BCUT2D eigenvalue weighted by Gasteiger charge is 2.19. The number of nitrogens with zero attached hydrogens (tertiary/aromatic N) is 5. The van der Waals surface area contributed by atoms with Crippen molar-refractivity contribution in [2.45, 2.75) is 33.9 Å². The average molecular weight is 275 g/mol. The molecule has 20 heavy (non-hydrogen) atoms. The molecule has 1 amide bonds. The minimum atomic E-state index is -0.0213. The Morgan fingerprint density at radius 3 is 2.65 bits per heavy atom. The molecule has 0 fully saturated rings. The van der Waals surface area contributed by atoms with Crippen LogP contribution in [0.3, 0.4) is 0 Å². The van der Waals surface area contributed by atoms with Crippen LogP contribution < -0.4 is 0 Å². The van der Waals surface area contributed by atoms with E-state index in [0.29, 0.717) is 18.8 Å². The Morgan fingerprint density at radius 2 is 2.10 bits per heavy atom. The van der Waals surface area contributed by atoms with Crippen molar-refractivity contribution in [3.63, 3.8) is 0 Å². The lowest BCUT2D eigenvalue weighted by Crippen LogP contribution is -2.28. The topological polar surface area (TPSA) is 56.0 Å². The molecule has 6 heteroatoms. The maximum Gasteiger partial charge on any atom is 0.272 e. The molecule has 2 aromatic heterocycles. The normalized spacial score (nSPS) is 10.8. The van der Waals surface area contributed by atoms with Crippen LogP contribution in [0.5, 0.6) is 0 Å². The number of hydrogen-bond acceptors (Lipinski definition) is 3. The largest absolute Gasteiger partial charge is 0.336 e. The molecule has 2 rings (SSSR count). The van der Waals surface area contributed by atoms with E-state index < -0.39 is 0 Å². The number of aryl methyl sites for hydroxylation is 3. The van der Waals surface area contributed by atoms with E-state index >= 15 is 0 Å². The molecule has 2 aromatic rings. The lowest BCUT2D eigenvalue weighted by molar-refractivity contribution is 0.0772. The molecule has 0 bridgehead atoms. The molecule has 0 aliphatic carbocycles. The van der Waals surface area contributed by atoms with Gasteiger partial charge in [-0.2, -0.15) is 10.2 Å². The van der Waals surface area contributed by atoms with Gasteiger partial charge in [-0.1, -0.05) is 0 Å². The monoisotopic (exact) mass is 275 g/mol. The third-order valence-electron chi connectivity index (χ3n) is 3.64. The molecule has 0 unspecified atom stereocenters. The Labute approximate surface area is 119 Å². The minimum Gasteiger partial charge on any atom is -0.336 e. The van der Waals surface area contributed by atoms with Gasteiger partial charge in [0.1, 0.15) is 5.69 Å². The highest BCUT2D eigenvalue weighted by Crippen LogP contribution is 2.15. The second-order valence-electron chi connectivity index (χ2n) is 4.97. The van der Waals surface area contributed by atoms with Crippen LogP contribution in [-0.2, 0) is 20.1 Å². The van der Waals surface area contributed by atoms with Crippen LogP contribution in [0.25, 0.3) is 0 Å². The van der Waals surface area contributed by atoms with Crippen LogP contribution in [0.2, 0.25) is 0 Å². The number of amides is 1. The Balaban J connectivity index is 2.20. The van der Waals surface area contributed by atoms with Gasteiger partial charge in [0.05, 0.1) is 5.69 Å². The van der Waals surface area contributed by atoms with Crippen molar-refractivity contribution in [3.05, 3.63) is 34.9 Å². The van der Waals surface area contributed by atoms with E-state index in [1.165, 1.54) is 0 Å². The molecule has 0 radical (unpaired) electrons. The van der Waals surface area contributed by atoms with E-state index in [-0.39, 0.29) is 5.91 Å². The van der Waals surface area contributed by atoms with E-state index in [1.807, 2.05) is 32.5 Å². The number of rotatable bonds is 4. The summed E-state index contributed by atoms with van der Waals surface area (Å²) in [5.41, 5.74) is 3.78. The SMILES string of the molecule is CCn1nccc1C(=O)N(C)Cc1c(C)nn(C)c1C. The molecule has 6 nitrogen and oxygen atoms in total. The smallest absolute Gasteiger partial charge is 0.272 e. The Hall–Kier alpha value is -2.11. The van der Waals surface area contributed by atoms with Crippen LogP contribution >= 0.6 is 0 Å². The van der Waals surface area contributed by atoms with Crippen LogP contribution in [0.4, 0.5) is 0 Å². The first-order chi connectivity index (χ1) is 9.45. The number of carbonyl (C=O) groups excluding carboxylic acids is 1. The fraction of sp³-hybridized carbons (Fsp3) is 0.500. The molecule has 0 aromatic carbocycles. The second kappa shape index (κ2) is 5.48. The van der Waals surface area contributed by atoms with E-state index in [0.717, 1.165) is 17.0 Å². The third-order valence-corrected chi connectivity index (χ3v) is 3.64. The van der Waals surface area contributed by atoms with Crippen LogP contribution in [0, 0.1) is 13.8 Å². The molecule has 0 saturated carbocycles. The summed E-state index contributed by atoms with van der Waals surface area (Å²) >= 11 is 0. The molecule has 108 valence electrons.